The largest absolute Gasteiger partial charge is 0.453 e. The number of anilines is 1. The van der Waals surface area contributed by atoms with Gasteiger partial charge in [0.2, 0.25) is 0 Å². The van der Waals surface area contributed by atoms with Gasteiger partial charge in [0.25, 0.3) is 5.56 Å². The van der Waals surface area contributed by atoms with Crippen molar-refractivity contribution >= 4 is 23.4 Å². The molecule has 1 aliphatic heterocycles. The fourth-order valence-corrected chi connectivity index (χ4v) is 5.04. The van der Waals surface area contributed by atoms with Gasteiger partial charge in [0, 0.05) is 17.7 Å². The van der Waals surface area contributed by atoms with Crippen molar-refractivity contribution in [1.82, 2.24) is 39.7 Å². The molecule has 6 rings (SSSR count). The van der Waals surface area contributed by atoms with Crippen molar-refractivity contribution in [3.8, 4) is 28.2 Å². The van der Waals surface area contributed by atoms with Crippen LogP contribution < -0.4 is 10.9 Å². The molecule has 0 unspecified atom stereocenters. The third-order valence-corrected chi connectivity index (χ3v) is 7.06. The number of benzene rings is 2. The fraction of sp³-hybridized carbons (Fsp3) is 0.192. The molecule has 0 bridgehead atoms. The van der Waals surface area contributed by atoms with Crippen LogP contribution in [0.3, 0.4) is 0 Å². The van der Waals surface area contributed by atoms with Crippen LogP contribution in [-0.2, 0) is 4.74 Å². The second kappa shape index (κ2) is 10.0. The molecule has 40 heavy (non-hydrogen) atoms. The smallest absolute Gasteiger partial charge is 0.411 e. The first-order chi connectivity index (χ1) is 19.3. The molecule has 12 nitrogen and oxygen atoms in total. The van der Waals surface area contributed by atoms with Gasteiger partial charge in [-0.25, -0.2) is 19.2 Å². The number of H-pyrrole nitrogens is 1. The average molecular weight is 562 g/mol. The maximum absolute atomic E-state index is 15.3. The van der Waals surface area contributed by atoms with E-state index < -0.39 is 18.0 Å². The highest BCUT2D eigenvalue weighted by atomic mass is 35.5. The Morgan fingerprint density at radius 1 is 1.23 bits per heavy atom. The van der Waals surface area contributed by atoms with Gasteiger partial charge in [-0.05, 0) is 46.7 Å². The number of aromatic nitrogens is 8. The second-order valence-corrected chi connectivity index (χ2v) is 9.65. The molecular weight excluding hydrogens is 541 g/mol. The number of aromatic amines is 1. The molecule has 2 N–H and O–H groups in total. The Hall–Kier alpha value is -4.91. The summed E-state index contributed by atoms with van der Waals surface area (Å²) in [7, 11) is 1.29. The number of imidazole rings is 1. The van der Waals surface area contributed by atoms with E-state index in [1.165, 1.54) is 30.3 Å². The molecule has 2 atom stereocenters. The van der Waals surface area contributed by atoms with Crippen LogP contribution in [0.25, 0.3) is 28.2 Å². The van der Waals surface area contributed by atoms with Crippen molar-refractivity contribution in [3.63, 3.8) is 0 Å². The molecule has 14 heteroatoms. The maximum Gasteiger partial charge on any atom is 0.411 e. The molecular formula is C26H21ClFN9O3. The normalized spacial score (nSPS) is 16.1. The van der Waals surface area contributed by atoms with Crippen LogP contribution in [0.2, 0.25) is 5.02 Å². The number of methoxy groups -OCH3 is 1. The summed E-state index contributed by atoms with van der Waals surface area (Å²) in [4.78, 5) is 37.5. The molecule has 0 aliphatic carbocycles. The number of ether oxygens (including phenoxy) is 1. The van der Waals surface area contributed by atoms with Gasteiger partial charge in [0.05, 0.1) is 47.0 Å². The highest BCUT2D eigenvalue weighted by Crippen LogP contribution is 2.39. The van der Waals surface area contributed by atoms with E-state index in [2.05, 4.69) is 35.5 Å². The van der Waals surface area contributed by atoms with Gasteiger partial charge in [-0.1, -0.05) is 30.7 Å². The van der Waals surface area contributed by atoms with E-state index in [0.29, 0.717) is 29.4 Å². The molecule has 0 fully saturated rings. The lowest BCUT2D eigenvalue weighted by molar-refractivity contribution is 0.187. The van der Waals surface area contributed by atoms with Crippen LogP contribution in [0.5, 0.6) is 0 Å². The molecule has 0 saturated heterocycles. The number of carbonyl (C=O) groups excluding carboxylic acids is 1. The molecule has 3 aromatic heterocycles. The van der Waals surface area contributed by atoms with Crippen LogP contribution in [0, 0.1) is 5.82 Å². The Morgan fingerprint density at radius 2 is 2.02 bits per heavy atom. The van der Waals surface area contributed by atoms with Crippen molar-refractivity contribution in [2.75, 3.05) is 12.4 Å². The number of tetrazole rings is 1. The minimum atomic E-state index is -0.725. The van der Waals surface area contributed by atoms with E-state index in [9.17, 15) is 9.59 Å². The van der Waals surface area contributed by atoms with Crippen LogP contribution in [0.4, 0.5) is 14.9 Å². The minimum absolute atomic E-state index is 0.0290. The van der Waals surface area contributed by atoms with Crippen molar-refractivity contribution < 1.29 is 13.9 Å². The Balaban J connectivity index is 1.35. The lowest BCUT2D eigenvalue weighted by Gasteiger charge is -2.15. The number of rotatable bonds is 5. The van der Waals surface area contributed by atoms with E-state index in [4.69, 9.17) is 16.6 Å². The Kier molecular flexibility index (Phi) is 6.34. The van der Waals surface area contributed by atoms with Gasteiger partial charge in [0.1, 0.15) is 18.0 Å². The van der Waals surface area contributed by atoms with Gasteiger partial charge in [-0.3, -0.25) is 14.7 Å². The maximum atomic E-state index is 15.3. The SMILES string of the molecule is COC(=O)Nc1ccc(-c2cnc([C@@H]3C[C@@H](C)c4nc(-c5c(-n6cnnn6)ccc(Cl)c5F)cc(=O)n43)[nH]2)cc1. The molecule has 1 aliphatic rings. The fourth-order valence-electron chi connectivity index (χ4n) is 4.88. The van der Waals surface area contributed by atoms with Crippen molar-refractivity contribution in [2.45, 2.75) is 25.3 Å². The van der Waals surface area contributed by atoms with Gasteiger partial charge in [0.15, 0.2) is 5.82 Å². The minimum Gasteiger partial charge on any atom is -0.453 e. The van der Waals surface area contributed by atoms with Crippen LogP contribution in [-0.4, -0.2) is 52.9 Å². The molecule has 0 saturated carbocycles. The molecule has 2 aromatic carbocycles. The lowest BCUT2D eigenvalue weighted by Crippen LogP contribution is -2.25. The Morgan fingerprint density at radius 3 is 2.75 bits per heavy atom. The van der Waals surface area contributed by atoms with Crippen molar-refractivity contribution in [3.05, 3.63) is 87.8 Å². The number of halogens is 2. The highest BCUT2D eigenvalue weighted by Gasteiger charge is 2.34. The predicted molar refractivity (Wildman–Crippen MR) is 143 cm³/mol. The first-order valence-electron chi connectivity index (χ1n) is 12.2. The standard InChI is InChI=1S/C26H21ClFN9O3/c1-13-9-20(24-29-11-18(32-24)14-3-5-15(6-4-14)31-26(39)40-2)37-21(38)10-17(33-25(13)37)22-19(36-12-30-34-35-36)8-7-16(27)23(22)28/h3-8,10-13,20H,9H2,1-2H3,(H,29,32)(H,31,39)/t13-,20+/m1/s1. The van der Waals surface area contributed by atoms with E-state index in [1.54, 1.807) is 29.0 Å². The number of carbonyl (C=O) groups is 1. The first kappa shape index (κ1) is 25.4. The molecule has 202 valence electrons. The Bertz CT molecular complexity index is 1780. The third kappa shape index (κ3) is 4.39. The number of nitrogens with one attached hydrogen (secondary N) is 2. The molecule has 0 radical (unpaired) electrons. The Labute approximate surface area is 230 Å². The number of amides is 1. The monoisotopic (exact) mass is 561 g/mol. The van der Waals surface area contributed by atoms with Crippen LogP contribution in [0.1, 0.15) is 37.0 Å². The summed E-state index contributed by atoms with van der Waals surface area (Å²) in [5.74, 6) is 0.258. The van der Waals surface area contributed by atoms with Crippen molar-refractivity contribution in [1.29, 1.82) is 0 Å². The quantitative estimate of drug-likeness (QED) is 0.322. The van der Waals surface area contributed by atoms with Gasteiger partial charge in [-0.2, -0.15) is 4.68 Å². The lowest BCUT2D eigenvalue weighted by atomic mass is 10.1. The van der Waals surface area contributed by atoms with Crippen LogP contribution in [0.15, 0.2) is 59.8 Å². The number of fused-ring (bicyclic) bond motifs is 1. The zero-order valence-electron chi connectivity index (χ0n) is 21.2. The second-order valence-electron chi connectivity index (χ2n) is 9.25. The topological polar surface area (TPSA) is 146 Å². The third-order valence-electron chi connectivity index (χ3n) is 6.77. The van der Waals surface area contributed by atoms with Gasteiger partial charge < -0.3 is 9.72 Å². The highest BCUT2D eigenvalue weighted by molar-refractivity contribution is 6.31. The van der Waals surface area contributed by atoms with E-state index in [0.717, 1.165) is 11.3 Å². The number of hydrogen-bond donors (Lipinski definition) is 2. The molecule has 1 amide bonds. The average Bonchev–Trinajstić information content (AvgIpc) is 3.72. The first-order valence-corrected chi connectivity index (χ1v) is 12.6. The summed E-state index contributed by atoms with van der Waals surface area (Å²) < 4.78 is 22.8. The van der Waals surface area contributed by atoms with Crippen LogP contribution >= 0.6 is 11.6 Å². The summed E-state index contributed by atoms with van der Waals surface area (Å²) in [6.07, 6.45) is 3.02. The molecule has 5 aromatic rings. The summed E-state index contributed by atoms with van der Waals surface area (Å²) in [6, 6.07) is 11.0. The van der Waals surface area contributed by atoms with Gasteiger partial charge >= 0.3 is 6.09 Å². The van der Waals surface area contributed by atoms with Gasteiger partial charge in [-0.15, -0.1) is 5.10 Å². The van der Waals surface area contributed by atoms with E-state index >= 15 is 4.39 Å². The predicted octanol–water partition coefficient (Wildman–Crippen LogP) is 4.34. The zero-order valence-corrected chi connectivity index (χ0v) is 21.9. The summed E-state index contributed by atoms with van der Waals surface area (Å²) in [6.45, 7) is 1.95. The number of nitrogens with zero attached hydrogens (tertiary/aromatic N) is 7. The van der Waals surface area contributed by atoms with E-state index in [-0.39, 0.29) is 27.8 Å². The zero-order chi connectivity index (χ0) is 28.0. The molecule has 0 spiro atoms. The molecule has 4 heterocycles. The number of hydrogen-bond acceptors (Lipinski definition) is 8. The summed E-state index contributed by atoms with van der Waals surface area (Å²) >= 11 is 6.09. The summed E-state index contributed by atoms with van der Waals surface area (Å²) in [5.41, 5.74) is 2.28. The summed E-state index contributed by atoms with van der Waals surface area (Å²) in [5, 5.41) is 13.6. The van der Waals surface area contributed by atoms with Crippen molar-refractivity contribution in [2.24, 2.45) is 0 Å². The van der Waals surface area contributed by atoms with E-state index in [1.807, 2.05) is 19.1 Å².